The Morgan fingerprint density at radius 1 is 1.04 bits per heavy atom. The van der Waals surface area contributed by atoms with Crippen LogP contribution in [0.25, 0.3) is 0 Å². The van der Waals surface area contributed by atoms with Crippen LogP contribution >= 0.6 is 0 Å². The normalized spacial score (nSPS) is 52.0. The molecule has 0 amide bonds. The van der Waals surface area contributed by atoms with Crippen molar-refractivity contribution in [2.24, 2.45) is 34.0 Å². The van der Waals surface area contributed by atoms with Gasteiger partial charge in [0.05, 0.1) is 11.5 Å². The SMILES string of the molecule is CC1(C#N)CC[C@H]2[C@@H]3CCC4=CC(=O)CC[C@]4(C)[C@@H]3CC[C@@]21C. The molecule has 4 aliphatic rings. The highest BCUT2D eigenvalue weighted by Crippen LogP contribution is 2.69. The summed E-state index contributed by atoms with van der Waals surface area (Å²) in [7, 11) is 0. The van der Waals surface area contributed by atoms with E-state index in [9.17, 15) is 10.1 Å². The van der Waals surface area contributed by atoms with E-state index in [1.807, 2.05) is 6.08 Å². The first kappa shape index (κ1) is 15.4. The fourth-order valence-electron chi connectivity index (χ4n) is 7.01. The summed E-state index contributed by atoms with van der Waals surface area (Å²) in [6.07, 6.45) is 10.9. The van der Waals surface area contributed by atoms with Gasteiger partial charge in [0, 0.05) is 6.42 Å². The third-order valence-electron chi connectivity index (χ3n) is 8.81. The maximum Gasteiger partial charge on any atom is 0.155 e. The summed E-state index contributed by atoms with van der Waals surface area (Å²) in [5, 5.41) is 9.80. The molecule has 0 aromatic heterocycles. The first-order valence-corrected chi connectivity index (χ1v) is 9.49. The van der Waals surface area contributed by atoms with Crippen LogP contribution in [0.1, 0.15) is 72.1 Å². The van der Waals surface area contributed by atoms with Crippen LogP contribution in [0.5, 0.6) is 0 Å². The van der Waals surface area contributed by atoms with Crippen LogP contribution in [0, 0.1) is 45.3 Å². The molecular weight excluding hydrogens is 282 g/mol. The van der Waals surface area contributed by atoms with E-state index in [1.165, 1.54) is 31.3 Å². The molecule has 23 heavy (non-hydrogen) atoms. The highest BCUT2D eigenvalue weighted by atomic mass is 16.1. The van der Waals surface area contributed by atoms with E-state index < -0.39 is 0 Å². The summed E-state index contributed by atoms with van der Waals surface area (Å²) in [6.45, 7) is 7.05. The first-order valence-electron chi connectivity index (χ1n) is 9.49. The zero-order chi connectivity index (χ0) is 16.5. The molecule has 0 aromatic rings. The van der Waals surface area contributed by atoms with Crippen molar-refractivity contribution in [2.75, 3.05) is 0 Å². The number of carbonyl (C=O) groups is 1. The Balaban J connectivity index is 1.70. The summed E-state index contributed by atoms with van der Waals surface area (Å²) < 4.78 is 0. The molecule has 0 spiro atoms. The number of fused-ring (bicyclic) bond motifs is 5. The van der Waals surface area contributed by atoms with Gasteiger partial charge in [-0.3, -0.25) is 4.79 Å². The van der Waals surface area contributed by atoms with Crippen LogP contribution in [0.2, 0.25) is 0 Å². The van der Waals surface area contributed by atoms with Crippen molar-refractivity contribution in [3.63, 3.8) is 0 Å². The number of rotatable bonds is 0. The fourth-order valence-corrected chi connectivity index (χ4v) is 7.01. The molecule has 4 rings (SSSR count). The Labute approximate surface area is 140 Å². The lowest BCUT2D eigenvalue weighted by Crippen LogP contribution is -2.51. The Hall–Kier alpha value is -1.10. The van der Waals surface area contributed by atoms with Crippen molar-refractivity contribution >= 4 is 5.78 Å². The maximum atomic E-state index is 11.9. The zero-order valence-corrected chi connectivity index (χ0v) is 14.8. The average Bonchev–Trinajstić information content (AvgIpc) is 2.80. The molecule has 0 aromatic carbocycles. The Morgan fingerprint density at radius 2 is 1.78 bits per heavy atom. The summed E-state index contributed by atoms with van der Waals surface area (Å²) >= 11 is 0. The maximum absolute atomic E-state index is 11.9. The third-order valence-corrected chi connectivity index (χ3v) is 8.81. The number of hydrogen-bond donors (Lipinski definition) is 0. The van der Waals surface area contributed by atoms with Crippen LogP contribution < -0.4 is 0 Å². The van der Waals surface area contributed by atoms with E-state index in [4.69, 9.17) is 0 Å². The molecule has 0 radical (unpaired) electrons. The summed E-state index contributed by atoms with van der Waals surface area (Å²) in [5.41, 5.74) is 1.76. The van der Waals surface area contributed by atoms with Crippen LogP contribution in [-0.2, 0) is 4.79 Å². The number of nitriles is 1. The van der Waals surface area contributed by atoms with Gasteiger partial charge in [-0.2, -0.15) is 5.26 Å². The second kappa shape index (κ2) is 4.71. The highest BCUT2D eigenvalue weighted by molar-refractivity contribution is 5.91. The van der Waals surface area contributed by atoms with Gasteiger partial charge in [-0.05, 0) is 86.5 Å². The number of carbonyl (C=O) groups excluding carboxylic acids is 1. The van der Waals surface area contributed by atoms with Crippen LogP contribution in [-0.4, -0.2) is 5.78 Å². The smallest absolute Gasteiger partial charge is 0.155 e. The van der Waals surface area contributed by atoms with E-state index in [-0.39, 0.29) is 16.2 Å². The summed E-state index contributed by atoms with van der Waals surface area (Å²) in [6, 6.07) is 2.69. The minimum absolute atomic E-state index is 0.137. The minimum Gasteiger partial charge on any atom is -0.295 e. The number of hydrogen-bond acceptors (Lipinski definition) is 2. The lowest BCUT2D eigenvalue weighted by atomic mass is 9.45. The molecule has 1 unspecified atom stereocenters. The molecule has 3 saturated carbocycles. The Bertz CT molecular complexity index is 628. The predicted octanol–water partition coefficient (Wildman–Crippen LogP) is 5.05. The molecule has 0 N–H and O–H groups in total. The van der Waals surface area contributed by atoms with Gasteiger partial charge in [0.2, 0.25) is 0 Å². The monoisotopic (exact) mass is 311 g/mol. The third kappa shape index (κ3) is 1.83. The quantitative estimate of drug-likeness (QED) is 0.628. The minimum atomic E-state index is -0.137. The van der Waals surface area contributed by atoms with E-state index in [0.717, 1.165) is 37.5 Å². The van der Waals surface area contributed by atoms with Crippen LogP contribution in [0.3, 0.4) is 0 Å². The number of ketones is 1. The number of nitrogens with zero attached hydrogens (tertiary/aromatic N) is 1. The molecule has 2 heteroatoms. The van der Waals surface area contributed by atoms with E-state index >= 15 is 0 Å². The average molecular weight is 311 g/mol. The van der Waals surface area contributed by atoms with Gasteiger partial charge in [-0.1, -0.05) is 19.4 Å². The Kier molecular flexibility index (Phi) is 3.16. The molecule has 0 aliphatic heterocycles. The van der Waals surface area contributed by atoms with Gasteiger partial charge in [0.1, 0.15) is 0 Å². The molecule has 3 fully saturated rings. The standard InChI is InChI=1S/C21H29NO/c1-19(13-22)9-7-18-16-5-4-14-12-15(23)6-10-20(14,2)17(16)8-11-21(18,19)3/h12,16-18H,4-11H2,1-3H3/t16-,17-,18+,19?,20+,21+/m1/s1. The summed E-state index contributed by atoms with van der Waals surface area (Å²) in [4.78, 5) is 11.9. The first-order chi connectivity index (χ1) is 10.8. The van der Waals surface area contributed by atoms with Gasteiger partial charge in [-0.25, -0.2) is 0 Å². The van der Waals surface area contributed by atoms with Crippen molar-refractivity contribution in [1.29, 1.82) is 5.26 Å². The van der Waals surface area contributed by atoms with Crippen LogP contribution in [0.4, 0.5) is 0 Å². The van der Waals surface area contributed by atoms with E-state index in [1.54, 1.807) is 0 Å². The van der Waals surface area contributed by atoms with Crippen molar-refractivity contribution in [3.8, 4) is 6.07 Å². The van der Waals surface area contributed by atoms with Gasteiger partial charge in [0.25, 0.3) is 0 Å². The predicted molar refractivity (Wildman–Crippen MR) is 90.4 cm³/mol. The zero-order valence-electron chi connectivity index (χ0n) is 14.8. The highest BCUT2D eigenvalue weighted by Gasteiger charge is 2.62. The van der Waals surface area contributed by atoms with Crippen molar-refractivity contribution < 1.29 is 4.79 Å². The van der Waals surface area contributed by atoms with Gasteiger partial charge in [-0.15, -0.1) is 0 Å². The van der Waals surface area contributed by atoms with Gasteiger partial charge < -0.3 is 0 Å². The molecule has 6 atom stereocenters. The molecule has 2 nitrogen and oxygen atoms in total. The fraction of sp³-hybridized carbons (Fsp3) is 0.810. The Morgan fingerprint density at radius 3 is 2.52 bits per heavy atom. The lowest BCUT2D eigenvalue weighted by Gasteiger charge is -2.58. The van der Waals surface area contributed by atoms with E-state index in [0.29, 0.717) is 11.7 Å². The number of allylic oxidation sites excluding steroid dienone is 1. The van der Waals surface area contributed by atoms with Crippen LogP contribution in [0.15, 0.2) is 11.6 Å². The van der Waals surface area contributed by atoms with E-state index in [2.05, 4.69) is 26.8 Å². The van der Waals surface area contributed by atoms with Crippen molar-refractivity contribution in [2.45, 2.75) is 72.1 Å². The van der Waals surface area contributed by atoms with Gasteiger partial charge >= 0.3 is 0 Å². The van der Waals surface area contributed by atoms with Crippen molar-refractivity contribution in [1.82, 2.24) is 0 Å². The lowest BCUT2D eigenvalue weighted by molar-refractivity contribution is -0.117. The molecule has 0 heterocycles. The summed E-state index contributed by atoms with van der Waals surface area (Å²) in [5.74, 6) is 2.55. The molecule has 0 bridgehead atoms. The molecule has 0 saturated heterocycles. The topological polar surface area (TPSA) is 40.9 Å². The second-order valence-corrected chi connectivity index (χ2v) is 9.41. The molecular formula is C21H29NO. The van der Waals surface area contributed by atoms with Crippen molar-refractivity contribution in [3.05, 3.63) is 11.6 Å². The molecule has 4 aliphatic carbocycles. The molecule has 124 valence electrons. The second-order valence-electron chi connectivity index (χ2n) is 9.41. The largest absolute Gasteiger partial charge is 0.295 e. The van der Waals surface area contributed by atoms with Gasteiger partial charge in [0.15, 0.2) is 5.78 Å².